The standard InChI is InChI=1S/C38H60N6O14/c1-23(37(55)39-17-20-58-22-21-57-8)9-12-32(51)41-31(38(56)44(29(7)50)19-16-35(54)43(28(6)49)18-15-24(2)45)11-14-33(52)40-30(25(3)46)10-13-34(53)42-36(26(4)47)27(5)48/h23,30-31,36H,9-22H2,1-8H3,(H,39,55)(H,40,52)(H,41,51)(H,42,53). The zero-order chi connectivity index (χ0) is 44.5. The number of carbonyl (C=O) groups is 12. The molecule has 0 aliphatic rings. The van der Waals surface area contributed by atoms with E-state index in [4.69, 9.17) is 9.47 Å². The molecule has 0 bridgehead atoms. The molecule has 3 atom stereocenters. The van der Waals surface area contributed by atoms with Crippen LogP contribution in [0.1, 0.15) is 99.8 Å². The van der Waals surface area contributed by atoms with Crippen molar-refractivity contribution in [3.05, 3.63) is 0 Å². The molecule has 326 valence electrons. The zero-order valence-corrected chi connectivity index (χ0v) is 34.8. The molecule has 0 saturated heterocycles. The van der Waals surface area contributed by atoms with E-state index in [1.807, 2.05) is 0 Å². The van der Waals surface area contributed by atoms with E-state index < -0.39 is 109 Å². The SMILES string of the molecule is COCCOCCNC(=O)C(C)CCC(=O)NC(CCC(=O)NC(CCC(=O)NC(C(C)=O)C(C)=O)C(C)=O)C(=O)N(CCC(=O)N(CCC(C)=O)C(C)=O)C(C)=O. The highest BCUT2D eigenvalue weighted by atomic mass is 16.5. The third-order valence-electron chi connectivity index (χ3n) is 8.69. The Morgan fingerprint density at radius 2 is 1.05 bits per heavy atom. The number of ketones is 4. The Labute approximate surface area is 338 Å². The molecule has 0 spiro atoms. The maximum Gasteiger partial charge on any atom is 0.251 e. The molecule has 0 aromatic carbocycles. The van der Waals surface area contributed by atoms with E-state index in [0.29, 0.717) is 18.1 Å². The largest absolute Gasteiger partial charge is 0.382 e. The molecule has 0 aromatic rings. The van der Waals surface area contributed by atoms with Crippen LogP contribution in [0.25, 0.3) is 0 Å². The lowest BCUT2D eigenvalue weighted by molar-refractivity contribution is -0.148. The lowest BCUT2D eigenvalue weighted by Crippen LogP contribution is -2.51. The number of ether oxygens (including phenoxy) is 2. The minimum atomic E-state index is -1.51. The second-order valence-electron chi connectivity index (χ2n) is 13.8. The zero-order valence-electron chi connectivity index (χ0n) is 34.8. The average Bonchev–Trinajstić information content (AvgIpc) is 3.13. The van der Waals surface area contributed by atoms with Gasteiger partial charge in [-0.15, -0.1) is 0 Å². The molecular weight excluding hydrogens is 764 g/mol. The number of nitrogens with zero attached hydrogens (tertiary/aromatic N) is 2. The van der Waals surface area contributed by atoms with Gasteiger partial charge in [-0.3, -0.25) is 67.3 Å². The van der Waals surface area contributed by atoms with Crippen LogP contribution in [-0.2, 0) is 67.0 Å². The molecule has 0 fully saturated rings. The number of imide groups is 2. The number of rotatable bonds is 29. The third-order valence-corrected chi connectivity index (χ3v) is 8.69. The third kappa shape index (κ3) is 21.9. The molecular formula is C38H60N6O14. The van der Waals surface area contributed by atoms with E-state index in [9.17, 15) is 57.5 Å². The van der Waals surface area contributed by atoms with Gasteiger partial charge in [0.05, 0.1) is 25.9 Å². The predicted octanol–water partition coefficient (Wildman–Crippen LogP) is -0.917. The maximum absolute atomic E-state index is 13.8. The molecule has 4 N–H and O–H groups in total. The van der Waals surface area contributed by atoms with Gasteiger partial charge in [-0.1, -0.05) is 6.92 Å². The van der Waals surface area contributed by atoms with Crippen molar-refractivity contribution in [2.24, 2.45) is 5.92 Å². The van der Waals surface area contributed by atoms with Gasteiger partial charge in [0.1, 0.15) is 17.9 Å². The number of hydrogen-bond acceptors (Lipinski definition) is 14. The number of hydrogen-bond donors (Lipinski definition) is 4. The van der Waals surface area contributed by atoms with Crippen molar-refractivity contribution in [3.63, 3.8) is 0 Å². The van der Waals surface area contributed by atoms with Gasteiger partial charge in [0.25, 0.3) is 5.91 Å². The molecule has 0 aliphatic carbocycles. The summed E-state index contributed by atoms with van der Waals surface area (Å²) in [6.45, 7) is 8.97. The molecule has 0 aliphatic heterocycles. The summed E-state index contributed by atoms with van der Waals surface area (Å²) >= 11 is 0. The van der Waals surface area contributed by atoms with Crippen molar-refractivity contribution in [2.75, 3.05) is 46.6 Å². The number of methoxy groups -OCH3 is 1. The van der Waals surface area contributed by atoms with Crippen LogP contribution < -0.4 is 21.3 Å². The van der Waals surface area contributed by atoms with E-state index in [-0.39, 0.29) is 63.5 Å². The van der Waals surface area contributed by atoms with Crippen molar-refractivity contribution in [1.29, 1.82) is 0 Å². The minimum Gasteiger partial charge on any atom is -0.382 e. The lowest BCUT2D eigenvalue weighted by atomic mass is 10.0. The van der Waals surface area contributed by atoms with E-state index in [1.54, 1.807) is 6.92 Å². The minimum absolute atomic E-state index is 0.0586. The van der Waals surface area contributed by atoms with Gasteiger partial charge >= 0.3 is 0 Å². The molecule has 20 heteroatoms. The Bertz CT molecular complexity index is 1500. The monoisotopic (exact) mass is 824 g/mol. The summed E-state index contributed by atoms with van der Waals surface area (Å²) in [5.74, 6) is -8.32. The highest BCUT2D eigenvalue weighted by Crippen LogP contribution is 2.11. The predicted molar refractivity (Wildman–Crippen MR) is 205 cm³/mol. The summed E-state index contributed by atoms with van der Waals surface area (Å²) in [6, 6.07) is -4.04. The van der Waals surface area contributed by atoms with Gasteiger partial charge in [-0.05, 0) is 47.0 Å². The maximum atomic E-state index is 13.8. The van der Waals surface area contributed by atoms with Crippen LogP contribution in [0.4, 0.5) is 0 Å². The lowest BCUT2D eigenvalue weighted by Gasteiger charge is -2.27. The molecule has 20 nitrogen and oxygen atoms in total. The van der Waals surface area contributed by atoms with Crippen molar-refractivity contribution in [2.45, 2.75) is 118 Å². The van der Waals surface area contributed by atoms with Gasteiger partial charge in [-0.25, -0.2) is 0 Å². The molecule has 0 radical (unpaired) electrons. The molecule has 58 heavy (non-hydrogen) atoms. The van der Waals surface area contributed by atoms with Crippen molar-refractivity contribution in [1.82, 2.24) is 31.1 Å². The van der Waals surface area contributed by atoms with Crippen LogP contribution in [0, 0.1) is 5.92 Å². The van der Waals surface area contributed by atoms with Gasteiger partial charge in [0.15, 0.2) is 17.3 Å². The molecule has 0 aromatic heterocycles. The highest BCUT2D eigenvalue weighted by molar-refractivity contribution is 6.07. The summed E-state index contributed by atoms with van der Waals surface area (Å²) in [6.07, 6.45) is -2.17. The number of nitrogens with one attached hydrogen (secondary N) is 4. The van der Waals surface area contributed by atoms with Crippen LogP contribution >= 0.6 is 0 Å². The smallest absolute Gasteiger partial charge is 0.251 e. The molecule has 0 saturated carbocycles. The Morgan fingerprint density at radius 1 is 0.552 bits per heavy atom. The fourth-order valence-electron chi connectivity index (χ4n) is 5.26. The number of carbonyl (C=O) groups excluding carboxylic acids is 12. The molecule has 0 rings (SSSR count). The second kappa shape index (κ2) is 28.2. The first kappa shape index (κ1) is 52.8. The summed E-state index contributed by atoms with van der Waals surface area (Å²) in [5.41, 5.74) is 0. The van der Waals surface area contributed by atoms with E-state index >= 15 is 0 Å². The Balaban J connectivity index is 5.92. The van der Waals surface area contributed by atoms with Crippen LogP contribution in [0.2, 0.25) is 0 Å². The van der Waals surface area contributed by atoms with E-state index in [2.05, 4.69) is 21.3 Å². The first-order chi connectivity index (χ1) is 27.1. The summed E-state index contributed by atoms with van der Waals surface area (Å²) in [7, 11) is 1.53. The fraction of sp³-hybridized carbons (Fsp3) is 0.684. The quantitative estimate of drug-likeness (QED) is 0.0525. The van der Waals surface area contributed by atoms with Gasteiger partial charge in [0, 0.05) is 78.6 Å². The van der Waals surface area contributed by atoms with Crippen LogP contribution in [-0.4, -0.2) is 145 Å². The topological polar surface area (TPSA) is 278 Å². The Hall–Kier alpha value is -5.24. The van der Waals surface area contributed by atoms with Gasteiger partial charge in [-0.2, -0.15) is 0 Å². The molecule has 8 amide bonds. The molecule has 0 heterocycles. The number of Topliss-reactive ketones (excluding diaryl/α,β-unsaturated/α-hetero) is 4. The van der Waals surface area contributed by atoms with E-state index in [1.165, 1.54) is 21.0 Å². The van der Waals surface area contributed by atoms with Crippen LogP contribution in [0.15, 0.2) is 0 Å². The van der Waals surface area contributed by atoms with Gasteiger partial charge in [0.2, 0.25) is 41.4 Å². The Morgan fingerprint density at radius 3 is 1.55 bits per heavy atom. The molecule has 3 unspecified atom stereocenters. The van der Waals surface area contributed by atoms with Crippen molar-refractivity contribution < 1.29 is 67.0 Å². The first-order valence-corrected chi connectivity index (χ1v) is 19.0. The number of amides is 8. The first-order valence-electron chi connectivity index (χ1n) is 19.0. The second-order valence-corrected chi connectivity index (χ2v) is 13.8. The normalized spacial score (nSPS) is 12.3. The average molecular weight is 825 g/mol. The summed E-state index contributed by atoms with van der Waals surface area (Å²) in [5, 5.41) is 9.93. The van der Waals surface area contributed by atoms with E-state index in [0.717, 1.165) is 32.6 Å². The van der Waals surface area contributed by atoms with Crippen LogP contribution in [0.5, 0.6) is 0 Å². The van der Waals surface area contributed by atoms with Crippen molar-refractivity contribution in [3.8, 4) is 0 Å². The highest BCUT2D eigenvalue weighted by Gasteiger charge is 2.31. The van der Waals surface area contributed by atoms with Gasteiger partial charge < -0.3 is 30.7 Å². The fourth-order valence-corrected chi connectivity index (χ4v) is 5.26. The Kier molecular flexibility index (Phi) is 25.7. The summed E-state index contributed by atoms with van der Waals surface area (Å²) < 4.78 is 10.2. The summed E-state index contributed by atoms with van der Waals surface area (Å²) in [4.78, 5) is 151. The van der Waals surface area contributed by atoms with Crippen LogP contribution in [0.3, 0.4) is 0 Å². The van der Waals surface area contributed by atoms with Crippen molar-refractivity contribution >= 4 is 70.4 Å².